The molecule has 0 radical (unpaired) electrons. The van der Waals surface area contributed by atoms with Crippen LogP contribution in [0.4, 0.5) is 5.69 Å². The molecule has 0 unspecified atom stereocenters. The molecule has 6 nitrogen and oxygen atoms in total. The van der Waals surface area contributed by atoms with Crippen molar-refractivity contribution >= 4 is 15.7 Å². The number of nitrogens with zero attached hydrogens (tertiary/aromatic N) is 2. The van der Waals surface area contributed by atoms with Gasteiger partial charge in [-0.1, -0.05) is 42.5 Å². The van der Waals surface area contributed by atoms with Gasteiger partial charge in [-0.05, 0) is 48.0 Å². The van der Waals surface area contributed by atoms with Gasteiger partial charge in [-0.15, -0.1) is 0 Å². The lowest BCUT2D eigenvalue weighted by molar-refractivity contribution is 0.598. The van der Waals surface area contributed by atoms with Gasteiger partial charge in [0.05, 0.1) is 22.0 Å². The normalized spacial score (nSPS) is 11.5. The molecule has 4 aromatic rings. The van der Waals surface area contributed by atoms with Crippen LogP contribution < -0.4 is 10.9 Å². The molecule has 0 saturated carbocycles. The SMILES string of the molecule is Nc1ccc(Cc2cc(-c3ccccc3)n(-c3ccc(S(N)(=O)=O)cc3)n2)cc1. The number of rotatable bonds is 5. The van der Waals surface area contributed by atoms with Crippen molar-refractivity contribution in [1.82, 2.24) is 9.78 Å². The van der Waals surface area contributed by atoms with E-state index in [-0.39, 0.29) is 4.90 Å². The Balaban J connectivity index is 1.77. The van der Waals surface area contributed by atoms with E-state index in [0.717, 1.165) is 33.9 Å². The van der Waals surface area contributed by atoms with Gasteiger partial charge in [-0.3, -0.25) is 0 Å². The first-order valence-electron chi connectivity index (χ1n) is 9.02. The lowest BCUT2D eigenvalue weighted by Crippen LogP contribution is -2.12. The second-order valence-electron chi connectivity index (χ2n) is 6.76. The van der Waals surface area contributed by atoms with Crippen molar-refractivity contribution in [2.75, 3.05) is 5.73 Å². The van der Waals surface area contributed by atoms with Crippen molar-refractivity contribution < 1.29 is 8.42 Å². The van der Waals surface area contributed by atoms with Gasteiger partial charge < -0.3 is 5.73 Å². The van der Waals surface area contributed by atoms with E-state index in [1.807, 2.05) is 65.3 Å². The first-order chi connectivity index (χ1) is 13.9. The Bertz CT molecular complexity index is 1230. The van der Waals surface area contributed by atoms with E-state index in [0.29, 0.717) is 6.42 Å². The lowest BCUT2D eigenvalue weighted by atomic mass is 10.1. The topological polar surface area (TPSA) is 104 Å². The molecule has 0 saturated heterocycles. The molecule has 1 heterocycles. The van der Waals surface area contributed by atoms with Crippen molar-refractivity contribution in [3.63, 3.8) is 0 Å². The summed E-state index contributed by atoms with van der Waals surface area (Å²) in [4.78, 5) is 0.0664. The molecular formula is C22H20N4O2S. The van der Waals surface area contributed by atoms with Gasteiger partial charge in [0.25, 0.3) is 0 Å². The molecule has 0 aliphatic heterocycles. The van der Waals surface area contributed by atoms with Crippen LogP contribution in [0.3, 0.4) is 0 Å². The van der Waals surface area contributed by atoms with E-state index in [9.17, 15) is 8.42 Å². The highest BCUT2D eigenvalue weighted by atomic mass is 32.2. The fourth-order valence-corrected chi connectivity index (χ4v) is 3.66. The average molecular weight is 404 g/mol. The summed E-state index contributed by atoms with van der Waals surface area (Å²) in [6.45, 7) is 0. The summed E-state index contributed by atoms with van der Waals surface area (Å²) in [6.07, 6.45) is 0.655. The molecule has 7 heteroatoms. The quantitative estimate of drug-likeness (QED) is 0.498. The summed E-state index contributed by atoms with van der Waals surface area (Å²) < 4.78 is 24.9. The maximum Gasteiger partial charge on any atom is 0.238 e. The van der Waals surface area contributed by atoms with E-state index in [4.69, 9.17) is 16.0 Å². The molecule has 0 atom stereocenters. The molecule has 0 bridgehead atoms. The van der Waals surface area contributed by atoms with Crippen molar-refractivity contribution in [2.45, 2.75) is 11.3 Å². The number of benzene rings is 3. The molecule has 0 amide bonds. The number of sulfonamides is 1. The monoisotopic (exact) mass is 404 g/mol. The zero-order valence-electron chi connectivity index (χ0n) is 15.6. The highest BCUT2D eigenvalue weighted by Crippen LogP contribution is 2.25. The third kappa shape index (κ3) is 4.21. The van der Waals surface area contributed by atoms with Crippen molar-refractivity contribution in [3.8, 4) is 16.9 Å². The molecule has 4 rings (SSSR count). The Kier molecular flexibility index (Phi) is 4.92. The summed E-state index contributed by atoms with van der Waals surface area (Å²) in [5, 5.41) is 9.98. The molecule has 0 fully saturated rings. The third-order valence-electron chi connectivity index (χ3n) is 4.60. The van der Waals surface area contributed by atoms with E-state index in [1.165, 1.54) is 12.1 Å². The molecule has 146 valence electrons. The van der Waals surface area contributed by atoms with Gasteiger partial charge in [-0.25, -0.2) is 18.2 Å². The summed E-state index contributed by atoms with van der Waals surface area (Å²) in [7, 11) is -3.74. The zero-order valence-corrected chi connectivity index (χ0v) is 16.4. The molecule has 1 aromatic heterocycles. The number of hydrogen-bond acceptors (Lipinski definition) is 4. The van der Waals surface area contributed by atoms with Crippen LogP contribution in [0.5, 0.6) is 0 Å². The largest absolute Gasteiger partial charge is 0.399 e. The zero-order chi connectivity index (χ0) is 20.4. The van der Waals surface area contributed by atoms with Crippen LogP contribution in [-0.4, -0.2) is 18.2 Å². The Morgan fingerprint density at radius 2 is 1.52 bits per heavy atom. The minimum atomic E-state index is -3.74. The number of anilines is 1. The van der Waals surface area contributed by atoms with Gasteiger partial charge in [0.1, 0.15) is 0 Å². The highest BCUT2D eigenvalue weighted by molar-refractivity contribution is 7.89. The first kappa shape index (κ1) is 18.9. The number of primary sulfonamides is 1. The van der Waals surface area contributed by atoms with Gasteiger partial charge in [-0.2, -0.15) is 5.10 Å². The summed E-state index contributed by atoms with van der Waals surface area (Å²) in [5.41, 5.74) is 11.2. The Hall–Kier alpha value is -3.42. The van der Waals surface area contributed by atoms with Crippen LogP contribution >= 0.6 is 0 Å². The predicted molar refractivity (Wildman–Crippen MR) is 114 cm³/mol. The van der Waals surface area contributed by atoms with E-state index < -0.39 is 10.0 Å². The van der Waals surface area contributed by atoms with Gasteiger partial charge in [0.2, 0.25) is 10.0 Å². The summed E-state index contributed by atoms with van der Waals surface area (Å²) >= 11 is 0. The first-order valence-corrected chi connectivity index (χ1v) is 10.6. The third-order valence-corrected chi connectivity index (χ3v) is 5.53. The average Bonchev–Trinajstić information content (AvgIpc) is 3.14. The van der Waals surface area contributed by atoms with Crippen molar-refractivity contribution in [3.05, 3.63) is 96.2 Å². The fraction of sp³-hybridized carbons (Fsp3) is 0.0455. The van der Waals surface area contributed by atoms with Crippen molar-refractivity contribution in [2.24, 2.45) is 5.14 Å². The number of nitrogen functional groups attached to an aromatic ring is 1. The van der Waals surface area contributed by atoms with Gasteiger partial charge in [0.15, 0.2) is 0 Å². The minimum Gasteiger partial charge on any atom is -0.399 e. The summed E-state index contributed by atoms with van der Waals surface area (Å²) in [5.74, 6) is 0. The van der Waals surface area contributed by atoms with Gasteiger partial charge in [0, 0.05) is 17.7 Å². The molecule has 4 N–H and O–H groups in total. The smallest absolute Gasteiger partial charge is 0.238 e. The number of hydrogen-bond donors (Lipinski definition) is 2. The highest BCUT2D eigenvalue weighted by Gasteiger charge is 2.14. The van der Waals surface area contributed by atoms with Crippen LogP contribution in [0, 0.1) is 0 Å². The molecule has 0 aliphatic rings. The van der Waals surface area contributed by atoms with Gasteiger partial charge >= 0.3 is 0 Å². The molecular weight excluding hydrogens is 384 g/mol. The minimum absolute atomic E-state index is 0.0664. The maximum atomic E-state index is 11.5. The second-order valence-corrected chi connectivity index (χ2v) is 8.32. The molecule has 3 aromatic carbocycles. The Morgan fingerprint density at radius 3 is 2.14 bits per heavy atom. The van der Waals surface area contributed by atoms with Crippen molar-refractivity contribution in [1.29, 1.82) is 0 Å². The van der Waals surface area contributed by atoms with E-state index in [1.54, 1.807) is 12.1 Å². The fourth-order valence-electron chi connectivity index (χ4n) is 3.15. The lowest BCUT2D eigenvalue weighted by Gasteiger charge is -2.08. The van der Waals surface area contributed by atoms with Crippen LogP contribution in [0.25, 0.3) is 16.9 Å². The summed E-state index contributed by atoms with van der Waals surface area (Å²) in [6, 6.07) is 26.0. The Labute approximate surface area is 169 Å². The van der Waals surface area contributed by atoms with Crippen LogP contribution in [-0.2, 0) is 16.4 Å². The number of aromatic nitrogens is 2. The predicted octanol–water partition coefficient (Wildman–Crippen LogP) is 3.36. The standard InChI is InChI=1S/C22H20N4O2S/c23-18-8-6-16(7-9-18)14-19-15-22(17-4-2-1-3-5-17)26(25-19)20-10-12-21(13-11-20)29(24,27)28/h1-13,15H,14,23H2,(H2,24,27,28). The second kappa shape index (κ2) is 7.54. The maximum absolute atomic E-state index is 11.5. The Morgan fingerprint density at radius 1 is 0.862 bits per heavy atom. The molecule has 0 aliphatic carbocycles. The van der Waals surface area contributed by atoms with E-state index >= 15 is 0 Å². The molecule has 0 spiro atoms. The van der Waals surface area contributed by atoms with Crippen LogP contribution in [0.15, 0.2) is 89.8 Å². The molecule has 29 heavy (non-hydrogen) atoms. The van der Waals surface area contributed by atoms with E-state index in [2.05, 4.69) is 0 Å². The van der Waals surface area contributed by atoms with Crippen LogP contribution in [0.2, 0.25) is 0 Å². The number of nitrogens with two attached hydrogens (primary N) is 2. The van der Waals surface area contributed by atoms with Crippen LogP contribution in [0.1, 0.15) is 11.3 Å².